The summed E-state index contributed by atoms with van der Waals surface area (Å²) in [5.41, 5.74) is 2.22. The van der Waals surface area contributed by atoms with Crippen LogP contribution in [0.25, 0.3) is 5.82 Å². The molecule has 102 valence electrons. The van der Waals surface area contributed by atoms with Crippen LogP contribution in [-0.2, 0) is 6.54 Å². The summed E-state index contributed by atoms with van der Waals surface area (Å²) in [6, 6.07) is 1.93. The van der Waals surface area contributed by atoms with Gasteiger partial charge in [0.05, 0.1) is 11.2 Å². The molecule has 0 aliphatic heterocycles. The molecule has 0 amide bonds. The second-order valence-electron chi connectivity index (χ2n) is 5.71. The molecule has 0 aliphatic carbocycles. The van der Waals surface area contributed by atoms with E-state index in [4.69, 9.17) is 11.6 Å². The van der Waals surface area contributed by atoms with Gasteiger partial charge in [-0.3, -0.25) is 0 Å². The van der Waals surface area contributed by atoms with E-state index in [0.29, 0.717) is 10.8 Å². The van der Waals surface area contributed by atoms with Crippen LogP contribution in [0, 0.1) is 6.92 Å². The predicted molar refractivity (Wildman–Crippen MR) is 77.7 cm³/mol. The first-order valence-electron chi connectivity index (χ1n) is 6.26. The van der Waals surface area contributed by atoms with Crippen molar-refractivity contribution in [1.82, 2.24) is 20.1 Å². The standard InChI is InChI=1S/C14H19ClN4/c1-10-6-18-19(9-10)13-12(15)5-11(7-16-13)8-17-14(2,3)4/h5-7,9,17H,8H2,1-4H3. The van der Waals surface area contributed by atoms with E-state index in [1.165, 1.54) is 0 Å². The maximum Gasteiger partial charge on any atom is 0.172 e. The van der Waals surface area contributed by atoms with Crippen LogP contribution < -0.4 is 5.32 Å². The zero-order valence-electron chi connectivity index (χ0n) is 11.7. The SMILES string of the molecule is Cc1cnn(-c2ncc(CNC(C)(C)C)cc2Cl)c1. The molecule has 0 saturated heterocycles. The molecule has 0 fully saturated rings. The zero-order valence-corrected chi connectivity index (χ0v) is 12.5. The van der Waals surface area contributed by atoms with Gasteiger partial charge in [0.2, 0.25) is 0 Å². The molecule has 0 spiro atoms. The topological polar surface area (TPSA) is 42.7 Å². The maximum atomic E-state index is 6.27. The van der Waals surface area contributed by atoms with Gasteiger partial charge in [0.25, 0.3) is 0 Å². The van der Waals surface area contributed by atoms with Gasteiger partial charge in [0, 0.05) is 24.5 Å². The number of rotatable bonds is 3. The Labute approximate surface area is 118 Å². The minimum atomic E-state index is 0.0737. The van der Waals surface area contributed by atoms with Crippen molar-refractivity contribution in [3.8, 4) is 5.82 Å². The highest BCUT2D eigenvalue weighted by molar-refractivity contribution is 6.32. The lowest BCUT2D eigenvalue weighted by Gasteiger charge is -2.20. The van der Waals surface area contributed by atoms with Crippen molar-refractivity contribution in [3.63, 3.8) is 0 Å². The number of nitrogens with one attached hydrogen (secondary N) is 1. The lowest BCUT2D eigenvalue weighted by Crippen LogP contribution is -2.35. The van der Waals surface area contributed by atoms with Gasteiger partial charge in [0.15, 0.2) is 5.82 Å². The molecule has 0 aromatic carbocycles. The fourth-order valence-electron chi connectivity index (χ4n) is 1.63. The number of hydrogen-bond donors (Lipinski definition) is 1. The summed E-state index contributed by atoms with van der Waals surface area (Å²) in [4.78, 5) is 4.39. The molecule has 4 nitrogen and oxygen atoms in total. The molecule has 2 aromatic rings. The van der Waals surface area contributed by atoms with Gasteiger partial charge in [-0.05, 0) is 44.9 Å². The highest BCUT2D eigenvalue weighted by atomic mass is 35.5. The smallest absolute Gasteiger partial charge is 0.172 e. The van der Waals surface area contributed by atoms with Crippen molar-refractivity contribution < 1.29 is 0 Å². The summed E-state index contributed by atoms with van der Waals surface area (Å²) in [5.74, 6) is 0.661. The van der Waals surface area contributed by atoms with Gasteiger partial charge < -0.3 is 5.32 Å². The van der Waals surface area contributed by atoms with Crippen molar-refractivity contribution in [2.24, 2.45) is 0 Å². The molecule has 0 atom stereocenters. The Bertz CT molecular complexity index is 569. The first-order chi connectivity index (χ1) is 8.85. The van der Waals surface area contributed by atoms with E-state index in [0.717, 1.165) is 17.7 Å². The van der Waals surface area contributed by atoms with Gasteiger partial charge in [0.1, 0.15) is 0 Å². The molecule has 0 aliphatic rings. The van der Waals surface area contributed by atoms with Gasteiger partial charge in [-0.2, -0.15) is 5.10 Å². The molecule has 0 unspecified atom stereocenters. The normalized spacial score (nSPS) is 11.8. The van der Waals surface area contributed by atoms with Crippen LogP contribution in [0.2, 0.25) is 5.02 Å². The van der Waals surface area contributed by atoms with Crippen molar-refractivity contribution in [1.29, 1.82) is 0 Å². The Hall–Kier alpha value is -1.39. The second-order valence-corrected chi connectivity index (χ2v) is 6.12. The second kappa shape index (κ2) is 5.31. The van der Waals surface area contributed by atoms with E-state index < -0.39 is 0 Å². The van der Waals surface area contributed by atoms with Crippen molar-refractivity contribution >= 4 is 11.6 Å². The molecule has 19 heavy (non-hydrogen) atoms. The number of halogens is 1. The number of hydrogen-bond acceptors (Lipinski definition) is 3. The van der Waals surface area contributed by atoms with E-state index in [1.807, 2.05) is 25.4 Å². The number of aryl methyl sites for hydroxylation is 1. The fraction of sp³-hybridized carbons (Fsp3) is 0.429. The van der Waals surface area contributed by atoms with Gasteiger partial charge in [-0.1, -0.05) is 11.6 Å². The highest BCUT2D eigenvalue weighted by Crippen LogP contribution is 2.19. The lowest BCUT2D eigenvalue weighted by molar-refractivity contribution is 0.424. The Balaban J connectivity index is 2.18. The van der Waals surface area contributed by atoms with E-state index >= 15 is 0 Å². The van der Waals surface area contributed by atoms with E-state index in [-0.39, 0.29) is 5.54 Å². The third-order valence-electron chi connectivity index (χ3n) is 2.63. The molecular weight excluding hydrogens is 260 g/mol. The van der Waals surface area contributed by atoms with Crippen LogP contribution in [0.1, 0.15) is 31.9 Å². The van der Waals surface area contributed by atoms with Crippen molar-refractivity contribution in [3.05, 3.63) is 40.8 Å². The minimum Gasteiger partial charge on any atom is -0.308 e. The average Bonchev–Trinajstić information content (AvgIpc) is 2.72. The molecule has 0 saturated carbocycles. The summed E-state index contributed by atoms with van der Waals surface area (Å²) in [5, 5.41) is 8.23. The van der Waals surface area contributed by atoms with Crippen LogP contribution in [0.4, 0.5) is 0 Å². The molecule has 0 bridgehead atoms. The van der Waals surface area contributed by atoms with E-state index in [9.17, 15) is 0 Å². The third kappa shape index (κ3) is 3.78. The molecular formula is C14H19ClN4. The maximum absolute atomic E-state index is 6.27. The first-order valence-corrected chi connectivity index (χ1v) is 6.64. The van der Waals surface area contributed by atoms with Crippen LogP contribution in [0.3, 0.4) is 0 Å². The van der Waals surface area contributed by atoms with Crippen LogP contribution in [-0.4, -0.2) is 20.3 Å². The van der Waals surface area contributed by atoms with E-state index in [1.54, 1.807) is 10.9 Å². The molecule has 0 radical (unpaired) electrons. The molecule has 2 rings (SSSR count). The largest absolute Gasteiger partial charge is 0.308 e. The Kier molecular flexibility index (Phi) is 3.92. The van der Waals surface area contributed by atoms with Crippen LogP contribution in [0.15, 0.2) is 24.7 Å². The number of aromatic nitrogens is 3. The van der Waals surface area contributed by atoms with Gasteiger partial charge >= 0.3 is 0 Å². The van der Waals surface area contributed by atoms with Crippen LogP contribution in [0.5, 0.6) is 0 Å². The summed E-state index contributed by atoms with van der Waals surface area (Å²) >= 11 is 6.27. The number of pyridine rings is 1. The third-order valence-corrected chi connectivity index (χ3v) is 2.91. The molecule has 2 heterocycles. The quantitative estimate of drug-likeness (QED) is 0.938. The van der Waals surface area contributed by atoms with Gasteiger partial charge in [-0.25, -0.2) is 9.67 Å². The number of nitrogens with zero attached hydrogens (tertiary/aromatic N) is 3. The highest BCUT2D eigenvalue weighted by Gasteiger charge is 2.11. The fourth-order valence-corrected chi connectivity index (χ4v) is 1.91. The summed E-state index contributed by atoms with van der Waals surface area (Å²) in [7, 11) is 0. The molecule has 5 heteroatoms. The Morgan fingerprint density at radius 2 is 2.05 bits per heavy atom. The first kappa shape index (κ1) is 14.0. The van der Waals surface area contributed by atoms with Gasteiger partial charge in [-0.15, -0.1) is 0 Å². The summed E-state index contributed by atoms with van der Waals surface area (Å²) in [6.45, 7) is 9.11. The molecule has 1 N–H and O–H groups in total. The van der Waals surface area contributed by atoms with Crippen LogP contribution >= 0.6 is 11.6 Å². The monoisotopic (exact) mass is 278 g/mol. The van der Waals surface area contributed by atoms with Crippen molar-refractivity contribution in [2.75, 3.05) is 0 Å². The van der Waals surface area contributed by atoms with Crippen molar-refractivity contribution in [2.45, 2.75) is 39.8 Å². The predicted octanol–water partition coefficient (Wildman–Crippen LogP) is 3.12. The molecule has 2 aromatic heterocycles. The summed E-state index contributed by atoms with van der Waals surface area (Å²) < 4.78 is 1.69. The lowest BCUT2D eigenvalue weighted by atomic mass is 10.1. The minimum absolute atomic E-state index is 0.0737. The van der Waals surface area contributed by atoms with E-state index in [2.05, 4.69) is 36.2 Å². The average molecular weight is 279 g/mol. The Morgan fingerprint density at radius 1 is 1.32 bits per heavy atom. The zero-order chi connectivity index (χ0) is 14.0. The Morgan fingerprint density at radius 3 is 2.58 bits per heavy atom. The summed E-state index contributed by atoms with van der Waals surface area (Å²) in [6.07, 6.45) is 5.52.